The van der Waals surface area contributed by atoms with Crippen LogP contribution in [0, 0.1) is 6.92 Å². The molecule has 1 aromatic heterocycles. The zero-order valence-electron chi connectivity index (χ0n) is 24.9. The molecule has 4 rings (SSSR count). The van der Waals surface area contributed by atoms with Gasteiger partial charge in [0.1, 0.15) is 37.3 Å². The van der Waals surface area contributed by atoms with Crippen molar-refractivity contribution in [2.75, 3.05) is 0 Å². The van der Waals surface area contributed by atoms with Gasteiger partial charge >= 0.3 is 0 Å². The molecule has 7 heteroatoms. The van der Waals surface area contributed by atoms with Gasteiger partial charge in [-0.2, -0.15) is 0 Å². The second-order valence-corrected chi connectivity index (χ2v) is 14.1. The molecule has 1 atom stereocenters. The maximum Gasteiger partial charge on any atom is 0.244 e. The zero-order chi connectivity index (χ0) is 30.1. The monoisotopic (exact) mass is 629 g/mol. The van der Waals surface area contributed by atoms with E-state index in [4.69, 9.17) is 39.5 Å². The van der Waals surface area contributed by atoms with Crippen LogP contribution in [0.5, 0.6) is 5.75 Å². The van der Waals surface area contributed by atoms with E-state index in [-0.39, 0.29) is 24.4 Å². The third-order valence-corrected chi connectivity index (χ3v) is 8.15. The van der Waals surface area contributed by atoms with Gasteiger partial charge in [0, 0.05) is 20.6 Å². The van der Waals surface area contributed by atoms with Crippen LogP contribution < -0.4 is 4.57 Å². The molecule has 1 heterocycles. The standard InChI is InChI=1S/C34H39Cl3N2O2.CH4/c1-22-8-11-26(30(37)14-22)31(41-20-24-9-10-25(35)17-29(24)36)19-39-13-12-38(21-39)18-23-15-27(33(2,3)4)32(40)28(16-23)34(5,6)7;/h8-17,21,31H,18-20H2,1-7H3;1H4/p+1. The smallest absolute Gasteiger partial charge is 0.244 e. The third-order valence-electron chi connectivity index (χ3n) is 7.23. The maximum atomic E-state index is 11.1. The van der Waals surface area contributed by atoms with Gasteiger partial charge in [-0.25, -0.2) is 9.13 Å². The predicted octanol–water partition coefficient (Wildman–Crippen LogP) is 9.99. The van der Waals surface area contributed by atoms with Crippen LogP contribution in [0.3, 0.4) is 0 Å². The Morgan fingerprint density at radius 1 is 0.881 bits per heavy atom. The quantitative estimate of drug-likeness (QED) is 0.197. The third kappa shape index (κ3) is 8.32. The zero-order valence-corrected chi connectivity index (χ0v) is 27.2. The molecule has 4 nitrogen and oxygen atoms in total. The lowest BCUT2D eigenvalue weighted by Gasteiger charge is -2.28. The molecule has 226 valence electrons. The average molecular weight is 631 g/mol. The Kier molecular flexibility index (Phi) is 10.9. The van der Waals surface area contributed by atoms with Crippen molar-refractivity contribution in [2.24, 2.45) is 0 Å². The summed E-state index contributed by atoms with van der Waals surface area (Å²) in [6, 6.07) is 15.7. The average Bonchev–Trinajstić information content (AvgIpc) is 3.29. The summed E-state index contributed by atoms with van der Waals surface area (Å²) < 4.78 is 10.7. The number of benzene rings is 3. The SMILES string of the molecule is C.Cc1ccc(C(Cn2cc[n+](Cc3cc(C(C)(C)C)c(O)c(C(C)(C)C)c3)c2)OCc2ccc(Cl)cc2Cl)c(Cl)c1. The Hall–Kier alpha value is -2.50. The first-order valence-corrected chi connectivity index (χ1v) is 15.0. The molecule has 0 aliphatic heterocycles. The van der Waals surface area contributed by atoms with Crippen molar-refractivity contribution in [1.82, 2.24) is 4.57 Å². The van der Waals surface area contributed by atoms with Crippen LogP contribution in [0.4, 0.5) is 0 Å². The van der Waals surface area contributed by atoms with Gasteiger partial charge in [0.05, 0.1) is 6.61 Å². The molecule has 0 aliphatic carbocycles. The minimum Gasteiger partial charge on any atom is -0.507 e. The first-order chi connectivity index (χ1) is 19.1. The summed E-state index contributed by atoms with van der Waals surface area (Å²) in [4.78, 5) is 0. The fraction of sp³-hybridized carbons (Fsp3) is 0.400. The molecule has 3 aromatic carbocycles. The second kappa shape index (κ2) is 13.4. The Morgan fingerprint density at radius 2 is 1.52 bits per heavy atom. The van der Waals surface area contributed by atoms with E-state index in [9.17, 15) is 5.11 Å². The number of hydrogen-bond donors (Lipinski definition) is 1. The number of phenols is 1. The topological polar surface area (TPSA) is 38.3 Å². The van der Waals surface area contributed by atoms with Crippen LogP contribution in [0.25, 0.3) is 0 Å². The minimum absolute atomic E-state index is 0. The van der Waals surface area contributed by atoms with E-state index >= 15 is 0 Å². The molecule has 0 fully saturated rings. The van der Waals surface area contributed by atoms with Crippen molar-refractivity contribution in [3.8, 4) is 5.75 Å². The first-order valence-electron chi connectivity index (χ1n) is 13.8. The van der Waals surface area contributed by atoms with Gasteiger partial charge in [0.15, 0.2) is 0 Å². The molecular formula is C35H44Cl3N2O2+. The molecular weight excluding hydrogens is 587 g/mol. The Morgan fingerprint density at radius 3 is 2.10 bits per heavy atom. The van der Waals surface area contributed by atoms with E-state index < -0.39 is 0 Å². The van der Waals surface area contributed by atoms with E-state index in [1.54, 1.807) is 6.07 Å². The highest BCUT2D eigenvalue weighted by atomic mass is 35.5. The highest BCUT2D eigenvalue weighted by molar-refractivity contribution is 6.35. The molecule has 0 radical (unpaired) electrons. The number of aromatic hydroxyl groups is 1. The summed E-state index contributed by atoms with van der Waals surface area (Å²) in [6.07, 6.45) is 5.88. The van der Waals surface area contributed by atoms with Crippen LogP contribution in [0.2, 0.25) is 15.1 Å². The summed E-state index contributed by atoms with van der Waals surface area (Å²) in [5, 5.41) is 12.9. The second-order valence-electron chi connectivity index (χ2n) is 12.9. The summed E-state index contributed by atoms with van der Waals surface area (Å²) in [5.41, 5.74) is 5.59. The number of nitrogens with zero attached hydrogens (tertiary/aromatic N) is 2. The van der Waals surface area contributed by atoms with Gasteiger partial charge in [0.25, 0.3) is 0 Å². The lowest BCUT2D eigenvalue weighted by Crippen LogP contribution is -2.32. The molecule has 42 heavy (non-hydrogen) atoms. The maximum absolute atomic E-state index is 11.1. The van der Waals surface area contributed by atoms with Crippen LogP contribution in [-0.4, -0.2) is 9.67 Å². The lowest BCUT2D eigenvalue weighted by atomic mass is 9.78. The van der Waals surface area contributed by atoms with E-state index in [0.717, 1.165) is 33.4 Å². The normalized spacial score (nSPS) is 12.7. The van der Waals surface area contributed by atoms with E-state index in [1.165, 1.54) is 0 Å². The molecule has 0 bridgehead atoms. The summed E-state index contributed by atoms with van der Waals surface area (Å²) in [5.74, 6) is 0.395. The van der Waals surface area contributed by atoms with Crippen molar-refractivity contribution < 1.29 is 14.4 Å². The van der Waals surface area contributed by atoms with Gasteiger partial charge in [-0.15, -0.1) is 0 Å². The Balaban J connectivity index is 0.00000484. The van der Waals surface area contributed by atoms with Crippen LogP contribution in [-0.2, 0) is 35.3 Å². The summed E-state index contributed by atoms with van der Waals surface area (Å²) in [6.45, 7) is 16.4. The number of aryl methyl sites for hydroxylation is 1. The Labute approximate surface area is 266 Å². The van der Waals surface area contributed by atoms with Gasteiger partial charge in [-0.1, -0.05) is 102 Å². The number of aromatic nitrogens is 2. The molecule has 1 N–H and O–H groups in total. The lowest BCUT2D eigenvalue weighted by molar-refractivity contribution is -0.687. The van der Waals surface area contributed by atoms with Crippen molar-refractivity contribution >= 4 is 34.8 Å². The minimum atomic E-state index is -0.302. The van der Waals surface area contributed by atoms with E-state index in [1.807, 2.05) is 43.5 Å². The molecule has 0 spiro atoms. The van der Waals surface area contributed by atoms with E-state index in [0.29, 0.717) is 40.5 Å². The van der Waals surface area contributed by atoms with Gasteiger partial charge < -0.3 is 9.84 Å². The number of phenolic OH excluding ortho intramolecular Hbond substituents is 1. The number of imidazole rings is 1. The highest BCUT2D eigenvalue weighted by Crippen LogP contribution is 2.40. The molecule has 1 unspecified atom stereocenters. The van der Waals surface area contributed by atoms with Crippen LogP contribution in [0.1, 0.15) is 88.5 Å². The van der Waals surface area contributed by atoms with Crippen molar-refractivity contribution in [2.45, 2.75) is 92.5 Å². The fourth-order valence-corrected chi connectivity index (χ4v) is 5.75. The fourth-order valence-electron chi connectivity index (χ4n) is 4.93. The molecule has 4 aromatic rings. The van der Waals surface area contributed by atoms with Crippen molar-refractivity contribution in [3.05, 3.63) is 116 Å². The van der Waals surface area contributed by atoms with Crippen LogP contribution in [0.15, 0.2) is 67.3 Å². The molecule has 0 saturated heterocycles. The predicted molar refractivity (Wildman–Crippen MR) is 176 cm³/mol. The first kappa shape index (κ1) is 34.0. The molecule has 0 aliphatic rings. The van der Waals surface area contributed by atoms with Gasteiger partial charge in [-0.3, -0.25) is 0 Å². The number of rotatable bonds is 8. The van der Waals surface area contributed by atoms with Gasteiger partial charge in [-0.05, 0) is 75.9 Å². The molecule has 0 saturated carbocycles. The van der Waals surface area contributed by atoms with E-state index in [2.05, 4.69) is 75.3 Å². The number of ether oxygens (including phenoxy) is 1. The molecule has 0 amide bonds. The Bertz CT molecular complexity index is 1500. The van der Waals surface area contributed by atoms with Crippen LogP contribution >= 0.6 is 34.8 Å². The highest BCUT2D eigenvalue weighted by Gasteiger charge is 2.27. The largest absolute Gasteiger partial charge is 0.507 e. The number of halogens is 3. The van der Waals surface area contributed by atoms with Crippen molar-refractivity contribution in [3.63, 3.8) is 0 Å². The number of hydrogen-bond acceptors (Lipinski definition) is 2. The summed E-state index contributed by atoms with van der Waals surface area (Å²) >= 11 is 19.2. The summed E-state index contributed by atoms with van der Waals surface area (Å²) in [7, 11) is 0. The van der Waals surface area contributed by atoms with Gasteiger partial charge in [0.2, 0.25) is 6.33 Å². The van der Waals surface area contributed by atoms with Crippen molar-refractivity contribution in [1.29, 1.82) is 0 Å².